The van der Waals surface area contributed by atoms with Crippen LogP contribution in [0.3, 0.4) is 0 Å². The fourth-order valence-electron chi connectivity index (χ4n) is 2.29. The molecule has 1 aliphatic carbocycles. The molecule has 1 heterocycles. The first-order valence-electron chi connectivity index (χ1n) is 5.64. The molecule has 0 N–H and O–H groups in total. The molecule has 0 spiro atoms. The third-order valence-electron chi connectivity index (χ3n) is 3.16. The Bertz CT molecular complexity index is 310. The first-order valence-corrected chi connectivity index (χ1v) is 7.75. The molecule has 1 fully saturated rings. The molecule has 0 nitrogen and oxygen atoms in total. The topological polar surface area (TPSA) is 0 Å². The Morgan fingerprint density at radius 3 is 2.80 bits per heavy atom. The van der Waals surface area contributed by atoms with Crippen LogP contribution in [-0.4, -0.2) is 4.83 Å². The van der Waals surface area contributed by atoms with E-state index in [0.717, 1.165) is 10.3 Å². The van der Waals surface area contributed by atoms with Gasteiger partial charge in [0, 0.05) is 9.70 Å². The van der Waals surface area contributed by atoms with Crippen molar-refractivity contribution in [3.05, 3.63) is 21.3 Å². The van der Waals surface area contributed by atoms with Crippen LogP contribution < -0.4 is 0 Å². The molecular formula is C12H16BrClS. The van der Waals surface area contributed by atoms with Gasteiger partial charge in [-0.15, -0.1) is 11.3 Å². The predicted molar refractivity (Wildman–Crippen MR) is 72.3 cm³/mol. The first kappa shape index (κ1) is 11.9. The van der Waals surface area contributed by atoms with Gasteiger partial charge in [0.2, 0.25) is 0 Å². The standard InChI is InChI=1S/C12H16BrClS/c13-11-5-3-1-2-4-9(11)8-10-6-7-12(14)15-10/h6-7,9,11H,1-5,8H2. The molecule has 2 unspecified atom stereocenters. The summed E-state index contributed by atoms with van der Waals surface area (Å²) >= 11 is 11.5. The van der Waals surface area contributed by atoms with E-state index in [1.165, 1.54) is 43.4 Å². The summed E-state index contributed by atoms with van der Waals surface area (Å²) in [6.45, 7) is 0. The first-order chi connectivity index (χ1) is 7.25. The Morgan fingerprint density at radius 2 is 2.07 bits per heavy atom. The number of halogens is 2. The molecule has 0 amide bonds. The van der Waals surface area contributed by atoms with Gasteiger partial charge in [0.1, 0.15) is 0 Å². The van der Waals surface area contributed by atoms with Crippen LogP contribution >= 0.6 is 38.9 Å². The third kappa shape index (κ3) is 3.47. The Labute approximate surface area is 109 Å². The molecule has 0 aromatic carbocycles. The molecule has 3 heteroatoms. The summed E-state index contributed by atoms with van der Waals surface area (Å²) in [5.74, 6) is 0.808. The van der Waals surface area contributed by atoms with Crippen molar-refractivity contribution in [2.45, 2.75) is 43.4 Å². The van der Waals surface area contributed by atoms with Crippen LogP contribution in [0.1, 0.15) is 37.0 Å². The molecule has 1 aliphatic rings. The minimum absolute atomic E-state index is 0.709. The number of thiophene rings is 1. The second kappa shape index (κ2) is 5.70. The van der Waals surface area contributed by atoms with E-state index in [0.29, 0.717) is 4.83 Å². The highest BCUT2D eigenvalue weighted by molar-refractivity contribution is 9.09. The van der Waals surface area contributed by atoms with Crippen LogP contribution in [0.4, 0.5) is 0 Å². The number of hydrogen-bond donors (Lipinski definition) is 0. The van der Waals surface area contributed by atoms with E-state index in [1.54, 1.807) is 11.3 Å². The van der Waals surface area contributed by atoms with Crippen molar-refractivity contribution in [3.63, 3.8) is 0 Å². The summed E-state index contributed by atoms with van der Waals surface area (Å²) in [5.41, 5.74) is 0. The smallest absolute Gasteiger partial charge is 0.0931 e. The van der Waals surface area contributed by atoms with Crippen LogP contribution in [0, 0.1) is 5.92 Å². The maximum atomic E-state index is 5.95. The maximum absolute atomic E-state index is 5.95. The van der Waals surface area contributed by atoms with Gasteiger partial charge in [0.25, 0.3) is 0 Å². The van der Waals surface area contributed by atoms with Gasteiger partial charge in [-0.3, -0.25) is 0 Å². The SMILES string of the molecule is Clc1ccc(CC2CCCCCC2Br)s1. The molecule has 0 radical (unpaired) electrons. The van der Waals surface area contributed by atoms with Crippen LogP contribution in [0.25, 0.3) is 0 Å². The lowest BCUT2D eigenvalue weighted by atomic mass is 9.96. The minimum Gasteiger partial charge on any atom is -0.128 e. The zero-order valence-electron chi connectivity index (χ0n) is 8.72. The van der Waals surface area contributed by atoms with Crippen LogP contribution in [-0.2, 0) is 6.42 Å². The molecule has 2 atom stereocenters. The predicted octanol–water partition coefficient (Wildman–Crippen LogP) is 5.29. The average molecular weight is 308 g/mol. The zero-order valence-corrected chi connectivity index (χ0v) is 11.9. The number of rotatable bonds is 2. The number of alkyl halides is 1. The van der Waals surface area contributed by atoms with Gasteiger partial charge < -0.3 is 0 Å². The molecule has 0 bridgehead atoms. The molecule has 0 aliphatic heterocycles. The van der Waals surface area contributed by atoms with Gasteiger partial charge in [-0.05, 0) is 37.3 Å². The number of hydrogen-bond acceptors (Lipinski definition) is 1. The van der Waals surface area contributed by atoms with E-state index in [2.05, 4.69) is 22.0 Å². The van der Waals surface area contributed by atoms with Crippen molar-refractivity contribution in [2.24, 2.45) is 5.92 Å². The van der Waals surface area contributed by atoms with Gasteiger partial charge in [-0.25, -0.2) is 0 Å². The quantitative estimate of drug-likeness (QED) is 0.514. The van der Waals surface area contributed by atoms with Crippen molar-refractivity contribution >= 4 is 38.9 Å². The molecule has 15 heavy (non-hydrogen) atoms. The van der Waals surface area contributed by atoms with Gasteiger partial charge in [0.05, 0.1) is 4.34 Å². The summed E-state index contributed by atoms with van der Waals surface area (Å²) in [6, 6.07) is 4.19. The molecule has 84 valence electrons. The Kier molecular flexibility index (Phi) is 4.53. The van der Waals surface area contributed by atoms with Crippen molar-refractivity contribution in [3.8, 4) is 0 Å². The van der Waals surface area contributed by atoms with Crippen molar-refractivity contribution < 1.29 is 0 Å². The zero-order chi connectivity index (χ0) is 10.7. The monoisotopic (exact) mass is 306 g/mol. The van der Waals surface area contributed by atoms with Crippen LogP contribution in [0.2, 0.25) is 4.34 Å². The van der Waals surface area contributed by atoms with Crippen molar-refractivity contribution in [2.75, 3.05) is 0 Å². The normalized spacial score (nSPS) is 27.6. The third-order valence-corrected chi connectivity index (χ3v) is 5.62. The highest BCUT2D eigenvalue weighted by Crippen LogP contribution is 2.33. The maximum Gasteiger partial charge on any atom is 0.0931 e. The van der Waals surface area contributed by atoms with E-state index in [1.807, 2.05) is 6.07 Å². The average Bonchev–Trinajstić information content (AvgIpc) is 2.50. The van der Waals surface area contributed by atoms with Gasteiger partial charge >= 0.3 is 0 Å². The van der Waals surface area contributed by atoms with E-state index in [9.17, 15) is 0 Å². The lowest BCUT2D eigenvalue weighted by Crippen LogP contribution is -2.14. The molecule has 1 saturated carbocycles. The summed E-state index contributed by atoms with van der Waals surface area (Å²) in [7, 11) is 0. The van der Waals surface area contributed by atoms with E-state index in [4.69, 9.17) is 11.6 Å². The second-order valence-corrected chi connectivity index (χ2v) is 7.30. The lowest BCUT2D eigenvalue weighted by molar-refractivity contribution is 0.479. The molecule has 0 saturated heterocycles. The fraction of sp³-hybridized carbons (Fsp3) is 0.667. The summed E-state index contributed by atoms with van der Waals surface area (Å²) in [5, 5.41) is 0. The Morgan fingerprint density at radius 1 is 1.27 bits per heavy atom. The molecule has 2 rings (SSSR count). The van der Waals surface area contributed by atoms with Crippen molar-refractivity contribution in [1.82, 2.24) is 0 Å². The highest BCUT2D eigenvalue weighted by Gasteiger charge is 2.21. The van der Waals surface area contributed by atoms with E-state index in [-0.39, 0.29) is 0 Å². The van der Waals surface area contributed by atoms with E-state index < -0.39 is 0 Å². The second-order valence-electron chi connectivity index (χ2n) is 4.32. The summed E-state index contributed by atoms with van der Waals surface area (Å²) < 4.78 is 0.921. The fourth-order valence-corrected chi connectivity index (χ4v) is 4.24. The lowest BCUT2D eigenvalue weighted by Gasteiger charge is -2.18. The summed E-state index contributed by atoms with van der Waals surface area (Å²) in [6.07, 6.45) is 8.09. The summed E-state index contributed by atoms with van der Waals surface area (Å²) in [4.78, 5) is 2.15. The van der Waals surface area contributed by atoms with E-state index >= 15 is 0 Å². The van der Waals surface area contributed by atoms with Gasteiger partial charge in [0.15, 0.2) is 0 Å². The van der Waals surface area contributed by atoms with Gasteiger partial charge in [-0.1, -0.05) is 46.8 Å². The van der Waals surface area contributed by atoms with Crippen LogP contribution in [0.5, 0.6) is 0 Å². The largest absolute Gasteiger partial charge is 0.128 e. The van der Waals surface area contributed by atoms with Crippen molar-refractivity contribution in [1.29, 1.82) is 0 Å². The molecule has 1 aromatic heterocycles. The molecule has 1 aromatic rings. The highest BCUT2D eigenvalue weighted by atomic mass is 79.9. The Balaban J connectivity index is 1.97. The minimum atomic E-state index is 0.709. The van der Waals surface area contributed by atoms with Crippen LogP contribution in [0.15, 0.2) is 12.1 Å². The van der Waals surface area contributed by atoms with Gasteiger partial charge in [-0.2, -0.15) is 0 Å². The Hall–Kier alpha value is 0.470. The molecular weight excluding hydrogens is 292 g/mol.